The molecule has 0 spiro atoms. The van der Waals surface area contributed by atoms with Gasteiger partial charge in [-0.3, -0.25) is 9.69 Å². The van der Waals surface area contributed by atoms with Crippen LogP contribution in [0.25, 0.3) is 0 Å². The van der Waals surface area contributed by atoms with Crippen LogP contribution in [0, 0.1) is 5.92 Å². The van der Waals surface area contributed by atoms with Gasteiger partial charge in [0.2, 0.25) is 11.8 Å². The van der Waals surface area contributed by atoms with E-state index in [1.807, 2.05) is 6.07 Å². The van der Waals surface area contributed by atoms with Crippen molar-refractivity contribution >= 4 is 5.91 Å². The van der Waals surface area contributed by atoms with Gasteiger partial charge in [0.25, 0.3) is 0 Å². The monoisotopic (exact) mass is 356 g/mol. The van der Waals surface area contributed by atoms with Gasteiger partial charge in [0.1, 0.15) is 6.61 Å². The highest BCUT2D eigenvalue weighted by atomic mass is 16.5. The lowest BCUT2D eigenvalue weighted by Gasteiger charge is -2.24. The molecule has 0 bridgehead atoms. The summed E-state index contributed by atoms with van der Waals surface area (Å²) < 4.78 is 10.1. The molecule has 0 saturated carbocycles. The lowest BCUT2D eigenvalue weighted by Crippen LogP contribution is -2.37. The third-order valence-electron chi connectivity index (χ3n) is 5.40. The van der Waals surface area contributed by atoms with Gasteiger partial charge in [-0.2, -0.15) is 4.98 Å². The van der Waals surface area contributed by atoms with E-state index in [0.717, 1.165) is 25.8 Å². The number of nitrogens with zero attached hydrogens (tertiary/aromatic N) is 3. The predicted molar refractivity (Wildman–Crippen MR) is 93.9 cm³/mol. The predicted octanol–water partition coefficient (Wildman–Crippen LogP) is 2.06. The Morgan fingerprint density at radius 2 is 2.23 bits per heavy atom. The maximum atomic E-state index is 12.8. The second-order valence-electron chi connectivity index (χ2n) is 6.97. The number of fused-ring (bicyclic) bond motifs is 1. The zero-order valence-electron chi connectivity index (χ0n) is 14.9. The molecule has 4 rings (SSSR count). The van der Waals surface area contributed by atoms with E-state index in [1.54, 1.807) is 7.11 Å². The van der Waals surface area contributed by atoms with Gasteiger partial charge < -0.3 is 14.6 Å². The highest BCUT2D eigenvalue weighted by Crippen LogP contribution is 2.44. The number of nitrogens with one attached hydrogen (secondary N) is 1. The number of aromatic nitrogens is 2. The number of rotatable bonds is 6. The van der Waals surface area contributed by atoms with Gasteiger partial charge in [0, 0.05) is 19.2 Å². The van der Waals surface area contributed by atoms with Crippen LogP contribution in [0.3, 0.4) is 0 Å². The molecule has 7 nitrogen and oxygen atoms in total. The van der Waals surface area contributed by atoms with E-state index >= 15 is 0 Å². The van der Waals surface area contributed by atoms with Crippen LogP contribution in [0.5, 0.6) is 0 Å². The molecule has 1 N–H and O–H groups in total. The van der Waals surface area contributed by atoms with E-state index in [9.17, 15) is 4.79 Å². The number of carbonyl (C=O) groups is 1. The van der Waals surface area contributed by atoms with Crippen LogP contribution in [0.4, 0.5) is 0 Å². The Morgan fingerprint density at radius 3 is 3.04 bits per heavy atom. The van der Waals surface area contributed by atoms with Crippen molar-refractivity contribution in [1.82, 2.24) is 20.4 Å². The molecule has 2 fully saturated rings. The Hall–Kier alpha value is -2.25. The number of hydrogen-bond acceptors (Lipinski definition) is 6. The zero-order valence-corrected chi connectivity index (χ0v) is 14.9. The summed E-state index contributed by atoms with van der Waals surface area (Å²) in [5, 5.41) is 6.79. The van der Waals surface area contributed by atoms with Gasteiger partial charge in [-0.05, 0) is 31.4 Å². The lowest BCUT2D eigenvalue weighted by molar-refractivity contribution is -0.125. The van der Waals surface area contributed by atoms with E-state index in [4.69, 9.17) is 9.26 Å². The smallest absolute Gasteiger partial charge is 0.246 e. The van der Waals surface area contributed by atoms with Crippen molar-refractivity contribution < 1.29 is 14.1 Å². The Balaban J connectivity index is 1.41. The fraction of sp³-hybridized carbons (Fsp3) is 0.526. The van der Waals surface area contributed by atoms with Crippen LogP contribution < -0.4 is 5.32 Å². The van der Waals surface area contributed by atoms with E-state index in [1.165, 1.54) is 5.56 Å². The SMILES string of the molecule is COCc1noc(CNC(=O)[C@H]2C[C@@H](c3ccccc3)N3CCC[C@H]23)n1. The van der Waals surface area contributed by atoms with Crippen LogP contribution in [-0.4, -0.2) is 40.6 Å². The normalized spacial score (nSPS) is 25.3. The van der Waals surface area contributed by atoms with Gasteiger partial charge in [0.15, 0.2) is 5.82 Å². The molecule has 26 heavy (non-hydrogen) atoms. The zero-order chi connectivity index (χ0) is 17.9. The molecule has 1 amide bonds. The fourth-order valence-corrected chi connectivity index (χ4v) is 4.29. The Labute approximate surface area is 152 Å². The van der Waals surface area contributed by atoms with Crippen LogP contribution >= 0.6 is 0 Å². The van der Waals surface area contributed by atoms with E-state index in [-0.39, 0.29) is 18.4 Å². The average molecular weight is 356 g/mol. The summed E-state index contributed by atoms with van der Waals surface area (Å²) >= 11 is 0. The molecular weight excluding hydrogens is 332 g/mol. The first-order chi connectivity index (χ1) is 12.8. The molecule has 2 aliphatic rings. The highest BCUT2D eigenvalue weighted by Gasteiger charge is 2.46. The average Bonchev–Trinajstić information content (AvgIpc) is 3.37. The number of amides is 1. The standard InChI is InChI=1S/C19H24N4O3/c1-25-12-17-21-18(26-22-17)11-20-19(24)14-10-16(13-6-3-2-4-7-13)23-9-5-8-15(14)23/h2-4,6-7,14-16H,5,8-12H2,1H3,(H,20,24)/t14-,15+,16-/m0/s1. The topological polar surface area (TPSA) is 80.5 Å². The van der Waals surface area contributed by atoms with Crippen molar-refractivity contribution in [2.24, 2.45) is 5.92 Å². The Morgan fingerprint density at radius 1 is 1.38 bits per heavy atom. The molecule has 2 saturated heterocycles. The first-order valence-electron chi connectivity index (χ1n) is 9.15. The van der Waals surface area contributed by atoms with E-state index in [0.29, 0.717) is 30.4 Å². The second kappa shape index (κ2) is 7.55. The fourth-order valence-electron chi connectivity index (χ4n) is 4.29. The molecule has 2 aromatic rings. The van der Waals surface area contributed by atoms with Gasteiger partial charge in [0.05, 0.1) is 12.5 Å². The van der Waals surface area contributed by atoms with Crippen LogP contribution in [0.2, 0.25) is 0 Å². The summed E-state index contributed by atoms with van der Waals surface area (Å²) in [5.41, 5.74) is 1.30. The van der Waals surface area contributed by atoms with Gasteiger partial charge in [-0.1, -0.05) is 35.5 Å². The summed E-state index contributed by atoms with van der Waals surface area (Å²) in [5.74, 6) is 0.978. The minimum absolute atomic E-state index is 0.00377. The maximum absolute atomic E-state index is 12.8. The summed E-state index contributed by atoms with van der Waals surface area (Å²) in [6.07, 6.45) is 3.10. The van der Waals surface area contributed by atoms with Crippen LogP contribution in [0.1, 0.15) is 42.6 Å². The number of benzene rings is 1. The molecule has 0 radical (unpaired) electrons. The lowest BCUT2D eigenvalue weighted by atomic mass is 9.93. The van der Waals surface area contributed by atoms with Crippen molar-refractivity contribution in [2.45, 2.75) is 44.5 Å². The molecule has 0 aliphatic carbocycles. The van der Waals surface area contributed by atoms with Crippen molar-refractivity contribution in [3.8, 4) is 0 Å². The van der Waals surface area contributed by atoms with E-state index in [2.05, 4.69) is 44.6 Å². The molecule has 2 aliphatic heterocycles. The Kier molecular flexibility index (Phi) is 4.99. The van der Waals surface area contributed by atoms with Crippen LogP contribution in [0.15, 0.2) is 34.9 Å². The summed E-state index contributed by atoms with van der Waals surface area (Å²) in [7, 11) is 1.58. The minimum Gasteiger partial charge on any atom is -0.377 e. The summed E-state index contributed by atoms with van der Waals surface area (Å²) in [4.78, 5) is 19.5. The van der Waals surface area contributed by atoms with Gasteiger partial charge in [-0.15, -0.1) is 0 Å². The van der Waals surface area contributed by atoms with Gasteiger partial charge in [-0.25, -0.2) is 0 Å². The number of carbonyl (C=O) groups excluding carboxylic acids is 1. The molecule has 1 aromatic heterocycles. The molecular formula is C19H24N4O3. The molecule has 0 unspecified atom stereocenters. The largest absolute Gasteiger partial charge is 0.377 e. The molecule has 3 atom stereocenters. The van der Waals surface area contributed by atoms with Crippen molar-refractivity contribution in [3.63, 3.8) is 0 Å². The first kappa shape index (κ1) is 17.2. The molecule has 3 heterocycles. The molecule has 1 aromatic carbocycles. The summed E-state index contributed by atoms with van der Waals surface area (Å²) in [6, 6.07) is 11.2. The number of hydrogen-bond donors (Lipinski definition) is 1. The minimum atomic E-state index is 0.00377. The first-order valence-corrected chi connectivity index (χ1v) is 9.15. The summed E-state index contributed by atoms with van der Waals surface area (Å²) in [6.45, 7) is 1.63. The molecule has 7 heteroatoms. The second-order valence-corrected chi connectivity index (χ2v) is 6.97. The quantitative estimate of drug-likeness (QED) is 0.853. The van der Waals surface area contributed by atoms with E-state index < -0.39 is 0 Å². The third kappa shape index (κ3) is 3.37. The number of ether oxygens (including phenoxy) is 1. The highest BCUT2D eigenvalue weighted by molar-refractivity contribution is 5.80. The Bertz CT molecular complexity index is 748. The van der Waals surface area contributed by atoms with Crippen molar-refractivity contribution in [1.29, 1.82) is 0 Å². The van der Waals surface area contributed by atoms with Crippen molar-refractivity contribution in [3.05, 3.63) is 47.6 Å². The van der Waals surface area contributed by atoms with Crippen LogP contribution in [-0.2, 0) is 22.7 Å². The third-order valence-corrected chi connectivity index (χ3v) is 5.40. The molecule has 138 valence electrons. The number of methoxy groups -OCH3 is 1. The maximum Gasteiger partial charge on any atom is 0.246 e. The van der Waals surface area contributed by atoms with Crippen molar-refractivity contribution in [2.75, 3.05) is 13.7 Å². The van der Waals surface area contributed by atoms with Gasteiger partial charge >= 0.3 is 0 Å².